The molecule has 0 atom stereocenters. The van der Waals surface area contributed by atoms with Crippen LogP contribution in [-0.4, -0.2) is 85.0 Å². The third-order valence-electron chi connectivity index (χ3n) is 5.63. The zero-order valence-corrected chi connectivity index (χ0v) is 20.5. The van der Waals surface area contributed by atoms with Crippen molar-refractivity contribution >= 4 is 33.9 Å². The lowest BCUT2D eigenvalue weighted by Crippen LogP contribution is -2.50. The largest absolute Gasteiger partial charge is 0.473 e. The number of aliphatic carboxylic acids is 2. The van der Waals surface area contributed by atoms with E-state index in [-0.39, 0.29) is 5.91 Å². The molecule has 1 aliphatic heterocycles. The van der Waals surface area contributed by atoms with Crippen LogP contribution >= 0.6 is 0 Å². The van der Waals surface area contributed by atoms with E-state index in [1.807, 2.05) is 35.2 Å². The molecule has 0 spiro atoms. The molecule has 3 rings (SSSR count). The van der Waals surface area contributed by atoms with Gasteiger partial charge in [-0.2, -0.15) is 4.31 Å². The molecular formula is C24H33N3O7S. The van der Waals surface area contributed by atoms with Gasteiger partial charge < -0.3 is 15.5 Å². The maximum Gasteiger partial charge on any atom is 0.414 e. The Bertz CT molecular complexity index is 1000. The Kier molecular flexibility index (Phi) is 11.6. The first kappa shape index (κ1) is 28.2. The average Bonchev–Trinajstić information content (AvgIpc) is 2.85. The molecule has 0 bridgehead atoms. The number of carboxylic acids is 2. The summed E-state index contributed by atoms with van der Waals surface area (Å²) in [5, 5.41) is 19.0. The summed E-state index contributed by atoms with van der Waals surface area (Å²) in [6, 6.07) is 9.39. The van der Waals surface area contributed by atoms with Crippen molar-refractivity contribution in [3.8, 4) is 0 Å². The number of piperazine rings is 1. The van der Waals surface area contributed by atoms with E-state index in [4.69, 9.17) is 19.8 Å². The molecule has 0 saturated carbocycles. The van der Waals surface area contributed by atoms with Gasteiger partial charge in [0.05, 0.1) is 6.54 Å². The lowest BCUT2D eigenvalue weighted by atomic mass is 9.97. The van der Waals surface area contributed by atoms with Gasteiger partial charge in [-0.05, 0) is 43.7 Å². The van der Waals surface area contributed by atoms with E-state index in [0.717, 1.165) is 24.8 Å². The summed E-state index contributed by atoms with van der Waals surface area (Å²) in [6.07, 6.45) is 9.72. The monoisotopic (exact) mass is 507 g/mol. The Morgan fingerprint density at radius 2 is 1.63 bits per heavy atom. The SMILES string of the molecule is O=C(CN1CCN(S(=O)(=O)C=Cc2ccccc2)CC1)NCCC1=CCCCC1.O=C(O)C(=O)O. The first-order valence-corrected chi connectivity index (χ1v) is 13.0. The fraction of sp³-hybridized carbons (Fsp3) is 0.458. The number of rotatable bonds is 8. The quantitative estimate of drug-likeness (QED) is 0.357. The average molecular weight is 508 g/mol. The highest BCUT2D eigenvalue weighted by Gasteiger charge is 2.25. The van der Waals surface area contributed by atoms with E-state index in [9.17, 15) is 13.2 Å². The number of carboxylic acid groups (broad SMARTS) is 2. The molecule has 3 N–H and O–H groups in total. The normalized spacial score (nSPS) is 17.2. The van der Waals surface area contributed by atoms with Crippen molar-refractivity contribution in [1.29, 1.82) is 0 Å². The number of nitrogens with one attached hydrogen (secondary N) is 1. The number of amides is 1. The lowest BCUT2D eigenvalue weighted by Gasteiger charge is -2.32. The van der Waals surface area contributed by atoms with Gasteiger partial charge >= 0.3 is 11.9 Å². The number of sulfonamides is 1. The fourth-order valence-electron chi connectivity index (χ4n) is 3.71. The van der Waals surface area contributed by atoms with E-state index >= 15 is 0 Å². The summed E-state index contributed by atoms with van der Waals surface area (Å²) in [7, 11) is -3.44. The fourth-order valence-corrected chi connectivity index (χ4v) is 4.88. The third kappa shape index (κ3) is 10.8. The molecule has 1 aromatic carbocycles. The van der Waals surface area contributed by atoms with E-state index in [0.29, 0.717) is 39.3 Å². The number of hydrogen-bond donors (Lipinski definition) is 3. The summed E-state index contributed by atoms with van der Waals surface area (Å²) >= 11 is 0. The van der Waals surface area contributed by atoms with Crippen molar-refractivity contribution in [3.05, 3.63) is 53.0 Å². The lowest BCUT2D eigenvalue weighted by molar-refractivity contribution is -0.159. The van der Waals surface area contributed by atoms with Gasteiger partial charge in [0.2, 0.25) is 15.9 Å². The minimum atomic E-state index is -3.44. The van der Waals surface area contributed by atoms with Crippen LogP contribution in [0.15, 0.2) is 47.4 Å². The van der Waals surface area contributed by atoms with Crippen LogP contribution in [0, 0.1) is 0 Å². The van der Waals surface area contributed by atoms with Crippen LogP contribution in [0.25, 0.3) is 6.08 Å². The van der Waals surface area contributed by atoms with Crippen molar-refractivity contribution in [2.24, 2.45) is 0 Å². The van der Waals surface area contributed by atoms with Gasteiger partial charge in [-0.15, -0.1) is 0 Å². The highest BCUT2D eigenvalue weighted by atomic mass is 32.2. The molecule has 1 fully saturated rings. The Labute approximate surface area is 206 Å². The van der Waals surface area contributed by atoms with Gasteiger partial charge in [-0.3, -0.25) is 9.69 Å². The number of carbonyl (C=O) groups is 3. The molecule has 1 heterocycles. The second-order valence-corrected chi connectivity index (χ2v) is 10.1. The number of hydrogen-bond acceptors (Lipinski definition) is 6. The maximum atomic E-state index is 12.5. The van der Waals surface area contributed by atoms with Gasteiger partial charge in [0.1, 0.15) is 0 Å². The van der Waals surface area contributed by atoms with Crippen molar-refractivity contribution < 1.29 is 33.0 Å². The van der Waals surface area contributed by atoms with Crippen LogP contribution < -0.4 is 5.32 Å². The van der Waals surface area contributed by atoms with Gasteiger partial charge in [-0.25, -0.2) is 18.0 Å². The molecule has 1 aliphatic carbocycles. The van der Waals surface area contributed by atoms with Gasteiger partial charge in [0.15, 0.2) is 0 Å². The standard InChI is InChI=1S/C22H31N3O3S.C2H2O4/c26-22(23-13-11-20-7-3-1-4-8-20)19-24-14-16-25(17-15-24)29(27,28)18-12-21-9-5-2-6-10-21;3-1(4)2(5)6/h2,5-7,9-10,12,18H,1,3-4,8,11,13-17,19H2,(H,23,26);(H,3,4)(H,5,6). The number of carbonyl (C=O) groups excluding carboxylic acids is 1. The molecule has 192 valence electrons. The number of benzene rings is 1. The number of nitrogens with zero attached hydrogens (tertiary/aromatic N) is 2. The molecule has 0 radical (unpaired) electrons. The predicted molar refractivity (Wildman–Crippen MR) is 132 cm³/mol. The van der Waals surface area contributed by atoms with Gasteiger partial charge in [-0.1, -0.05) is 42.0 Å². The molecule has 11 heteroatoms. The van der Waals surface area contributed by atoms with Gasteiger partial charge in [0, 0.05) is 38.1 Å². The second-order valence-electron chi connectivity index (χ2n) is 8.25. The van der Waals surface area contributed by atoms with Crippen molar-refractivity contribution in [1.82, 2.24) is 14.5 Å². The third-order valence-corrected chi connectivity index (χ3v) is 7.19. The zero-order chi connectivity index (χ0) is 25.7. The Hall–Kier alpha value is -3.02. The highest BCUT2D eigenvalue weighted by molar-refractivity contribution is 7.92. The first-order chi connectivity index (χ1) is 16.7. The molecule has 0 unspecified atom stereocenters. The molecule has 1 amide bonds. The second kappa shape index (κ2) is 14.4. The predicted octanol–water partition coefficient (Wildman–Crippen LogP) is 1.77. The first-order valence-electron chi connectivity index (χ1n) is 11.5. The number of allylic oxidation sites excluding steroid dienone is 1. The molecule has 1 saturated heterocycles. The maximum absolute atomic E-state index is 12.5. The van der Waals surface area contributed by atoms with Crippen LogP contribution in [0.1, 0.15) is 37.7 Å². The summed E-state index contributed by atoms with van der Waals surface area (Å²) < 4.78 is 26.5. The smallest absolute Gasteiger partial charge is 0.414 e. The van der Waals surface area contributed by atoms with Crippen LogP contribution in [0.4, 0.5) is 0 Å². The summed E-state index contributed by atoms with van der Waals surface area (Å²) in [4.78, 5) is 32.4. The van der Waals surface area contributed by atoms with Crippen LogP contribution in [0.3, 0.4) is 0 Å². The van der Waals surface area contributed by atoms with Crippen LogP contribution in [-0.2, 0) is 24.4 Å². The molecule has 1 aromatic rings. The zero-order valence-electron chi connectivity index (χ0n) is 19.6. The molecule has 35 heavy (non-hydrogen) atoms. The van der Waals surface area contributed by atoms with E-state index < -0.39 is 22.0 Å². The molecular weight excluding hydrogens is 474 g/mol. The Morgan fingerprint density at radius 3 is 2.20 bits per heavy atom. The van der Waals surface area contributed by atoms with Crippen LogP contribution in [0.2, 0.25) is 0 Å². The van der Waals surface area contributed by atoms with Crippen LogP contribution in [0.5, 0.6) is 0 Å². The topological polar surface area (TPSA) is 144 Å². The van der Waals surface area contributed by atoms with Crippen molar-refractivity contribution in [3.63, 3.8) is 0 Å². The molecule has 2 aliphatic rings. The molecule has 10 nitrogen and oxygen atoms in total. The van der Waals surface area contributed by atoms with E-state index in [1.54, 1.807) is 6.08 Å². The summed E-state index contributed by atoms with van der Waals surface area (Å²) in [5.74, 6) is -3.63. The summed E-state index contributed by atoms with van der Waals surface area (Å²) in [5.41, 5.74) is 2.31. The Morgan fingerprint density at radius 1 is 0.971 bits per heavy atom. The summed E-state index contributed by atoms with van der Waals surface area (Å²) in [6.45, 7) is 2.95. The van der Waals surface area contributed by atoms with Gasteiger partial charge in [0.25, 0.3) is 0 Å². The minimum absolute atomic E-state index is 0.0155. The molecule has 0 aromatic heterocycles. The Balaban J connectivity index is 0.000000641. The highest BCUT2D eigenvalue weighted by Crippen LogP contribution is 2.19. The van der Waals surface area contributed by atoms with E-state index in [2.05, 4.69) is 11.4 Å². The van der Waals surface area contributed by atoms with Crippen molar-refractivity contribution in [2.45, 2.75) is 32.1 Å². The van der Waals surface area contributed by atoms with Crippen molar-refractivity contribution in [2.75, 3.05) is 39.3 Å². The van der Waals surface area contributed by atoms with E-state index in [1.165, 1.54) is 28.1 Å². The minimum Gasteiger partial charge on any atom is -0.473 e.